The van der Waals surface area contributed by atoms with Gasteiger partial charge in [0.2, 0.25) is 0 Å². The lowest BCUT2D eigenvalue weighted by molar-refractivity contribution is 0.187. The van der Waals surface area contributed by atoms with Gasteiger partial charge in [0.05, 0.1) is 0 Å². The summed E-state index contributed by atoms with van der Waals surface area (Å²) in [6, 6.07) is 8.08. The van der Waals surface area contributed by atoms with Crippen LogP contribution in [-0.2, 0) is 13.0 Å². The molecule has 0 spiro atoms. The van der Waals surface area contributed by atoms with E-state index in [0.29, 0.717) is 0 Å². The van der Waals surface area contributed by atoms with Gasteiger partial charge in [-0.3, -0.25) is 4.90 Å². The molecule has 0 aromatic heterocycles. The van der Waals surface area contributed by atoms with Crippen LogP contribution in [0.1, 0.15) is 36.8 Å². The van der Waals surface area contributed by atoms with Crippen molar-refractivity contribution in [2.75, 3.05) is 44.7 Å². The highest BCUT2D eigenvalue weighted by molar-refractivity contribution is 5.52. The van der Waals surface area contributed by atoms with E-state index in [4.69, 9.17) is 0 Å². The molecule has 1 saturated carbocycles. The molecule has 0 atom stereocenters. The molecule has 1 aromatic rings. The minimum atomic E-state index is 0.888. The molecule has 1 aromatic carbocycles. The molecule has 1 saturated heterocycles. The Hall–Kier alpha value is -1.06. The first-order chi connectivity index (χ1) is 10.8. The number of hydrogen-bond donors (Lipinski definition) is 0. The molecule has 2 fully saturated rings. The van der Waals surface area contributed by atoms with Crippen LogP contribution in [0.2, 0.25) is 0 Å². The van der Waals surface area contributed by atoms with E-state index in [0.717, 1.165) is 12.6 Å². The van der Waals surface area contributed by atoms with Gasteiger partial charge < -0.3 is 9.80 Å². The number of fused-ring (bicyclic) bond motifs is 1. The molecule has 0 radical (unpaired) electrons. The molecule has 22 heavy (non-hydrogen) atoms. The SMILES string of the molecule is CN1CCc2ccc(N3CCN(C4CCCC4)CC3)cc2C1. The van der Waals surface area contributed by atoms with Gasteiger partial charge in [-0.05, 0) is 49.6 Å². The largest absolute Gasteiger partial charge is 0.369 e. The van der Waals surface area contributed by atoms with Crippen molar-refractivity contribution in [1.82, 2.24) is 9.80 Å². The van der Waals surface area contributed by atoms with Crippen molar-refractivity contribution in [2.45, 2.75) is 44.7 Å². The smallest absolute Gasteiger partial charge is 0.0370 e. The summed E-state index contributed by atoms with van der Waals surface area (Å²) in [6.45, 7) is 7.22. The quantitative estimate of drug-likeness (QED) is 0.831. The Morgan fingerprint density at radius 3 is 2.45 bits per heavy atom. The number of likely N-dealkylation sites (N-methyl/N-ethyl adjacent to an activating group) is 1. The average molecular weight is 299 g/mol. The standard InChI is InChI=1S/C19H29N3/c1-20-9-8-16-6-7-19(14-17(16)15-20)22-12-10-21(11-13-22)18-4-2-3-5-18/h6-7,14,18H,2-5,8-13,15H2,1H3. The van der Waals surface area contributed by atoms with Gasteiger partial charge in [0.15, 0.2) is 0 Å². The predicted octanol–water partition coefficient (Wildman–Crippen LogP) is 2.74. The summed E-state index contributed by atoms with van der Waals surface area (Å²) >= 11 is 0. The van der Waals surface area contributed by atoms with Crippen LogP contribution in [-0.4, -0.2) is 55.6 Å². The van der Waals surface area contributed by atoms with Gasteiger partial charge in [-0.15, -0.1) is 0 Å². The van der Waals surface area contributed by atoms with Gasteiger partial charge in [0.1, 0.15) is 0 Å². The molecule has 1 aliphatic carbocycles. The second-order valence-electron chi connectivity index (χ2n) is 7.40. The molecule has 2 heterocycles. The summed E-state index contributed by atoms with van der Waals surface area (Å²) in [7, 11) is 2.23. The Morgan fingerprint density at radius 2 is 1.68 bits per heavy atom. The Morgan fingerprint density at radius 1 is 0.909 bits per heavy atom. The number of hydrogen-bond acceptors (Lipinski definition) is 3. The van der Waals surface area contributed by atoms with E-state index in [9.17, 15) is 0 Å². The van der Waals surface area contributed by atoms with E-state index < -0.39 is 0 Å². The Balaban J connectivity index is 1.42. The fourth-order valence-electron chi connectivity index (χ4n) is 4.50. The molecular weight excluding hydrogens is 270 g/mol. The first-order valence-electron chi connectivity index (χ1n) is 9.09. The average Bonchev–Trinajstić information content (AvgIpc) is 3.09. The third-order valence-corrected chi connectivity index (χ3v) is 5.91. The zero-order valence-corrected chi connectivity index (χ0v) is 13.9. The minimum absolute atomic E-state index is 0.888. The first kappa shape index (κ1) is 14.5. The molecule has 4 rings (SSSR count). The number of benzene rings is 1. The van der Waals surface area contributed by atoms with Gasteiger partial charge in [-0.2, -0.15) is 0 Å². The normalized spacial score (nSPS) is 24.7. The van der Waals surface area contributed by atoms with Gasteiger partial charge in [0.25, 0.3) is 0 Å². The van der Waals surface area contributed by atoms with Crippen LogP contribution in [0.15, 0.2) is 18.2 Å². The summed E-state index contributed by atoms with van der Waals surface area (Å²) in [4.78, 5) is 7.78. The van der Waals surface area contributed by atoms with Gasteiger partial charge in [-0.1, -0.05) is 18.9 Å². The highest BCUT2D eigenvalue weighted by Gasteiger charge is 2.26. The van der Waals surface area contributed by atoms with Crippen LogP contribution in [0.5, 0.6) is 0 Å². The van der Waals surface area contributed by atoms with E-state index in [1.165, 1.54) is 70.5 Å². The van der Waals surface area contributed by atoms with E-state index in [2.05, 4.69) is 39.9 Å². The van der Waals surface area contributed by atoms with Crippen LogP contribution >= 0.6 is 0 Å². The molecule has 120 valence electrons. The van der Waals surface area contributed by atoms with Crippen molar-refractivity contribution in [1.29, 1.82) is 0 Å². The van der Waals surface area contributed by atoms with Crippen LogP contribution in [0.4, 0.5) is 5.69 Å². The number of anilines is 1. The Bertz CT molecular complexity index is 513. The fraction of sp³-hybridized carbons (Fsp3) is 0.684. The van der Waals surface area contributed by atoms with E-state index in [1.54, 1.807) is 11.1 Å². The number of piperazine rings is 1. The highest BCUT2D eigenvalue weighted by atomic mass is 15.3. The molecule has 0 amide bonds. The minimum Gasteiger partial charge on any atom is -0.369 e. The first-order valence-corrected chi connectivity index (χ1v) is 9.09. The molecule has 0 N–H and O–H groups in total. The summed E-state index contributed by atoms with van der Waals surface area (Å²) in [5.74, 6) is 0. The maximum absolute atomic E-state index is 2.75. The van der Waals surface area contributed by atoms with Crippen molar-refractivity contribution in [2.24, 2.45) is 0 Å². The lowest BCUT2D eigenvalue weighted by Gasteiger charge is -2.39. The monoisotopic (exact) mass is 299 g/mol. The summed E-state index contributed by atoms with van der Waals surface area (Å²) in [5, 5.41) is 0. The number of rotatable bonds is 2. The van der Waals surface area contributed by atoms with Crippen molar-refractivity contribution in [3.05, 3.63) is 29.3 Å². The highest BCUT2D eigenvalue weighted by Crippen LogP contribution is 2.27. The second-order valence-corrected chi connectivity index (χ2v) is 7.40. The second kappa shape index (κ2) is 6.21. The summed E-state index contributed by atoms with van der Waals surface area (Å²) in [5.41, 5.74) is 4.55. The van der Waals surface area contributed by atoms with Crippen molar-refractivity contribution in [3.63, 3.8) is 0 Å². The van der Waals surface area contributed by atoms with Crippen LogP contribution < -0.4 is 4.90 Å². The van der Waals surface area contributed by atoms with Crippen molar-refractivity contribution >= 4 is 5.69 Å². The molecule has 3 nitrogen and oxygen atoms in total. The molecule has 3 aliphatic rings. The van der Waals surface area contributed by atoms with E-state index in [1.807, 2.05) is 0 Å². The van der Waals surface area contributed by atoms with Gasteiger partial charge in [-0.25, -0.2) is 0 Å². The van der Waals surface area contributed by atoms with Crippen LogP contribution in [0, 0.1) is 0 Å². The zero-order chi connectivity index (χ0) is 14.9. The molecule has 0 bridgehead atoms. The van der Waals surface area contributed by atoms with Crippen LogP contribution in [0.3, 0.4) is 0 Å². The van der Waals surface area contributed by atoms with Crippen molar-refractivity contribution < 1.29 is 0 Å². The van der Waals surface area contributed by atoms with Gasteiger partial charge in [0, 0.05) is 51.0 Å². The van der Waals surface area contributed by atoms with E-state index in [-0.39, 0.29) is 0 Å². The molecular formula is C19H29N3. The van der Waals surface area contributed by atoms with Gasteiger partial charge >= 0.3 is 0 Å². The lowest BCUT2D eigenvalue weighted by atomic mass is 9.99. The molecule has 0 unspecified atom stereocenters. The zero-order valence-electron chi connectivity index (χ0n) is 13.9. The lowest BCUT2D eigenvalue weighted by Crippen LogP contribution is -2.49. The molecule has 3 heteroatoms. The maximum atomic E-state index is 2.75. The predicted molar refractivity (Wildman–Crippen MR) is 92.5 cm³/mol. The number of nitrogens with zero attached hydrogens (tertiary/aromatic N) is 3. The third-order valence-electron chi connectivity index (χ3n) is 5.91. The van der Waals surface area contributed by atoms with Crippen LogP contribution in [0.25, 0.3) is 0 Å². The van der Waals surface area contributed by atoms with Crippen molar-refractivity contribution in [3.8, 4) is 0 Å². The summed E-state index contributed by atoms with van der Waals surface area (Å²) in [6.07, 6.45) is 6.98. The third kappa shape index (κ3) is 2.89. The topological polar surface area (TPSA) is 9.72 Å². The van der Waals surface area contributed by atoms with E-state index >= 15 is 0 Å². The maximum Gasteiger partial charge on any atom is 0.0370 e. The summed E-state index contributed by atoms with van der Waals surface area (Å²) < 4.78 is 0. The Labute approximate surface area is 134 Å². The Kier molecular flexibility index (Phi) is 4.10. The fourth-order valence-corrected chi connectivity index (χ4v) is 4.50. The molecule has 2 aliphatic heterocycles.